The molecule has 2 nitrogen and oxygen atoms in total. The predicted octanol–water partition coefficient (Wildman–Crippen LogP) is 5.18. The van der Waals surface area contributed by atoms with Crippen LogP contribution in [0.25, 0.3) is 0 Å². The van der Waals surface area contributed by atoms with Crippen LogP contribution in [0.4, 0.5) is 23.2 Å². The van der Waals surface area contributed by atoms with Crippen molar-refractivity contribution in [2.24, 2.45) is 0 Å². The van der Waals surface area contributed by atoms with E-state index in [1.807, 2.05) is 0 Å². The molecule has 0 saturated carbocycles. The normalized spacial score (nSPS) is 11.5. The van der Waals surface area contributed by atoms with Crippen LogP contribution in [0.3, 0.4) is 0 Å². The van der Waals surface area contributed by atoms with E-state index in [1.165, 1.54) is 19.1 Å². The van der Waals surface area contributed by atoms with Crippen LogP contribution < -0.4 is 10.5 Å². The molecule has 2 N–H and O–H groups in total. The van der Waals surface area contributed by atoms with E-state index >= 15 is 0 Å². The molecule has 0 fully saturated rings. The van der Waals surface area contributed by atoms with Gasteiger partial charge in [-0.05, 0) is 37.3 Å². The molecule has 0 aliphatic carbocycles. The lowest BCUT2D eigenvalue weighted by Crippen LogP contribution is -2.04. The number of hydrogen-bond donors (Lipinski definition) is 1. The van der Waals surface area contributed by atoms with Crippen molar-refractivity contribution >= 4 is 17.3 Å². The molecule has 0 atom stereocenters. The number of rotatable bonds is 2. The maximum Gasteiger partial charge on any atom is 0.416 e. The lowest BCUT2D eigenvalue weighted by atomic mass is 10.2. The smallest absolute Gasteiger partial charge is 0.416 e. The average molecular weight is 320 g/mol. The van der Waals surface area contributed by atoms with Crippen LogP contribution in [-0.4, -0.2) is 0 Å². The van der Waals surface area contributed by atoms with Crippen LogP contribution in [0.2, 0.25) is 5.02 Å². The lowest BCUT2D eigenvalue weighted by Gasteiger charge is -2.13. The Morgan fingerprint density at radius 1 is 1.10 bits per heavy atom. The van der Waals surface area contributed by atoms with Crippen LogP contribution in [-0.2, 0) is 6.18 Å². The predicted molar refractivity (Wildman–Crippen MR) is 72.1 cm³/mol. The van der Waals surface area contributed by atoms with Gasteiger partial charge in [0.05, 0.1) is 10.6 Å². The number of halogens is 5. The largest absolute Gasteiger partial charge is 0.453 e. The molecule has 0 amide bonds. The Labute approximate surface area is 123 Å². The standard InChI is InChI=1S/C14H10ClF4NO/c1-7-10(20)3-5-12(13(7)16)21-11-4-2-8(6-9(11)15)14(17,18)19/h2-6H,20H2,1H3. The highest BCUT2D eigenvalue weighted by molar-refractivity contribution is 6.32. The van der Waals surface area contributed by atoms with Crippen molar-refractivity contribution in [3.8, 4) is 11.5 Å². The fraction of sp³-hybridized carbons (Fsp3) is 0.143. The summed E-state index contributed by atoms with van der Waals surface area (Å²) in [5, 5.41) is -0.265. The summed E-state index contributed by atoms with van der Waals surface area (Å²) in [6, 6.07) is 5.29. The van der Waals surface area contributed by atoms with Crippen molar-refractivity contribution in [3.05, 3.63) is 52.3 Å². The topological polar surface area (TPSA) is 35.2 Å². The first-order chi connectivity index (χ1) is 9.70. The van der Waals surface area contributed by atoms with Gasteiger partial charge in [-0.25, -0.2) is 4.39 Å². The quantitative estimate of drug-likeness (QED) is 0.611. The maximum atomic E-state index is 13.9. The van der Waals surface area contributed by atoms with Gasteiger partial charge in [-0.3, -0.25) is 0 Å². The monoisotopic (exact) mass is 319 g/mol. The number of hydrogen-bond acceptors (Lipinski definition) is 2. The second kappa shape index (κ2) is 5.44. The summed E-state index contributed by atoms with van der Waals surface area (Å²) in [5.41, 5.74) is 5.06. The van der Waals surface area contributed by atoms with Crippen LogP contribution in [0, 0.1) is 12.7 Å². The molecule has 2 aromatic rings. The first-order valence-electron chi connectivity index (χ1n) is 5.79. The first-order valence-corrected chi connectivity index (χ1v) is 6.17. The minimum atomic E-state index is -4.51. The fourth-order valence-electron chi connectivity index (χ4n) is 1.63. The number of anilines is 1. The molecule has 0 aliphatic heterocycles. The highest BCUT2D eigenvalue weighted by Crippen LogP contribution is 2.37. The van der Waals surface area contributed by atoms with Gasteiger partial charge in [0.15, 0.2) is 11.6 Å². The molecule has 0 heterocycles. The lowest BCUT2D eigenvalue weighted by molar-refractivity contribution is -0.137. The zero-order valence-corrected chi connectivity index (χ0v) is 11.5. The molecule has 7 heteroatoms. The molecule has 0 saturated heterocycles. The zero-order valence-electron chi connectivity index (χ0n) is 10.8. The molecule has 21 heavy (non-hydrogen) atoms. The van der Waals surface area contributed by atoms with E-state index in [0.29, 0.717) is 0 Å². The minimum absolute atomic E-state index is 0.0762. The van der Waals surface area contributed by atoms with Crippen molar-refractivity contribution in [1.82, 2.24) is 0 Å². The van der Waals surface area contributed by atoms with Crippen molar-refractivity contribution < 1.29 is 22.3 Å². The van der Waals surface area contributed by atoms with Crippen molar-refractivity contribution in [2.75, 3.05) is 5.73 Å². The molecule has 0 aromatic heterocycles. The highest BCUT2D eigenvalue weighted by atomic mass is 35.5. The summed E-state index contributed by atoms with van der Waals surface area (Å²) >= 11 is 5.74. The summed E-state index contributed by atoms with van der Waals surface area (Å²) < 4.78 is 56.7. The summed E-state index contributed by atoms with van der Waals surface area (Å²) in [4.78, 5) is 0. The Bertz CT molecular complexity index is 685. The Kier molecular flexibility index (Phi) is 4.00. The summed E-state index contributed by atoms with van der Waals surface area (Å²) in [6.07, 6.45) is -4.51. The SMILES string of the molecule is Cc1c(N)ccc(Oc2ccc(C(F)(F)F)cc2Cl)c1F. The molecule has 2 aromatic carbocycles. The van der Waals surface area contributed by atoms with Gasteiger partial charge in [-0.2, -0.15) is 13.2 Å². The van der Waals surface area contributed by atoms with Gasteiger partial charge in [0.1, 0.15) is 5.75 Å². The van der Waals surface area contributed by atoms with Gasteiger partial charge in [0, 0.05) is 11.3 Å². The third-order valence-electron chi connectivity index (χ3n) is 2.87. The van der Waals surface area contributed by atoms with Gasteiger partial charge in [0.2, 0.25) is 0 Å². The average Bonchev–Trinajstić information content (AvgIpc) is 2.40. The summed E-state index contributed by atoms with van der Waals surface area (Å²) in [6.45, 7) is 1.46. The number of benzene rings is 2. The Morgan fingerprint density at radius 2 is 1.71 bits per heavy atom. The minimum Gasteiger partial charge on any atom is -0.453 e. The van der Waals surface area contributed by atoms with Crippen LogP contribution in [0.15, 0.2) is 30.3 Å². The molecular formula is C14H10ClF4NO. The van der Waals surface area contributed by atoms with E-state index in [0.717, 1.165) is 18.2 Å². The van der Waals surface area contributed by atoms with Gasteiger partial charge in [0.25, 0.3) is 0 Å². The van der Waals surface area contributed by atoms with Gasteiger partial charge in [-0.15, -0.1) is 0 Å². The van der Waals surface area contributed by atoms with Gasteiger partial charge < -0.3 is 10.5 Å². The van der Waals surface area contributed by atoms with E-state index in [1.54, 1.807) is 0 Å². The number of ether oxygens (including phenoxy) is 1. The molecular weight excluding hydrogens is 310 g/mol. The molecule has 0 bridgehead atoms. The molecule has 0 aliphatic rings. The van der Waals surface area contributed by atoms with E-state index in [2.05, 4.69) is 0 Å². The number of nitrogen functional groups attached to an aromatic ring is 1. The van der Waals surface area contributed by atoms with E-state index in [-0.39, 0.29) is 27.8 Å². The molecule has 0 unspecified atom stereocenters. The highest BCUT2D eigenvalue weighted by Gasteiger charge is 2.31. The zero-order chi connectivity index (χ0) is 15.8. The molecule has 0 spiro atoms. The van der Waals surface area contributed by atoms with Crippen LogP contribution in [0.1, 0.15) is 11.1 Å². The van der Waals surface area contributed by atoms with Gasteiger partial charge >= 0.3 is 6.18 Å². The fourth-order valence-corrected chi connectivity index (χ4v) is 1.85. The van der Waals surface area contributed by atoms with Crippen LogP contribution in [0.5, 0.6) is 11.5 Å². The van der Waals surface area contributed by atoms with Crippen molar-refractivity contribution in [3.63, 3.8) is 0 Å². The van der Waals surface area contributed by atoms with Crippen molar-refractivity contribution in [2.45, 2.75) is 13.1 Å². The van der Waals surface area contributed by atoms with E-state index < -0.39 is 17.6 Å². The summed E-state index contributed by atoms with van der Waals surface area (Å²) in [7, 11) is 0. The summed E-state index contributed by atoms with van der Waals surface area (Å²) in [5.74, 6) is -0.929. The Balaban J connectivity index is 2.35. The second-order valence-electron chi connectivity index (χ2n) is 4.34. The third kappa shape index (κ3) is 3.21. The van der Waals surface area contributed by atoms with E-state index in [4.69, 9.17) is 22.1 Å². The Morgan fingerprint density at radius 3 is 2.29 bits per heavy atom. The van der Waals surface area contributed by atoms with Gasteiger partial charge in [-0.1, -0.05) is 11.6 Å². The number of nitrogens with two attached hydrogens (primary N) is 1. The Hall–Kier alpha value is -1.95. The van der Waals surface area contributed by atoms with Crippen LogP contribution >= 0.6 is 11.6 Å². The van der Waals surface area contributed by atoms with Crippen molar-refractivity contribution in [1.29, 1.82) is 0 Å². The molecule has 0 radical (unpaired) electrons. The first kappa shape index (κ1) is 15.4. The third-order valence-corrected chi connectivity index (χ3v) is 3.17. The molecule has 112 valence electrons. The maximum absolute atomic E-state index is 13.9. The van der Waals surface area contributed by atoms with E-state index in [9.17, 15) is 17.6 Å². The second-order valence-corrected chi connectivity index (χ2v) is 4.74. The number of alkyl halides is 3. The molecule has 2 rings (SSSR count).